The number of methoxy groups -OCH3 is 1. The van der Waals surface area contributed by atoms with Gasteiger partial charge in [-0.1, -0.05) is 19.3 Å². The number of esters is 1. The van der Waals surface area contributed by atoms with Crippen molar-refractivity contribution in [3.8, 4) is 0 Å². The summed E-state index contributed by atoms with van der Waals surface area (Å²) in [5.74, 6) is 0.642. The molecule has 17 heavy (non-hydrogen) atoms. The molecule has 0 saturated heterocycles. The van der Waals surface area contributed by atoms with Crippen molar-refractivity contribution < 1.29 is 9.53 Å². The monoisotopic (exact) mass is 271 g/mol. The molecule has 1 aliphatic carbocycles. The van der Waals surface area contributed by atoms with Crippen molar-refractivity contribution in [1.82, 2.24) is 4.98 Å². The first-order valence-corrected chi connectivity index (χ1v) is 7.80. The predicted molar refractivity (Wildman–Crippen MR) is 71.6 cm³/mol. The van der Waals surface area contributed by atoms with Crippen molar-refractivity contribution in [1.29, 1.82) is 0 Å². The molecule has 0 aliphatic heterocycles. The highest BCUT2D eigenvalue weighted by Crippen LogP contribution is 2.31. The molecular weight excluding hydrogens is 254 g/mol. The predicted octanol–water partition coefficient (Wildman–Crippen LogP) is 3.50. The summed E-state index contributed by atoms with van der Waals surface area (Å²) in [6, 6.07) is 0. The Morgan fingerprint density at radius 3 is 3.00 bits per heavy atom. The molecule has 5 heteroatoms. The van der Waals surface area contributed by atoms with Gasteiger partial charge in [-0.2, -0.15) is 11.8 Å². The summed E-state index contributed by atoms with van der Waals surface area (Å²) in [5.41, 5.74) is 0. The van der Waals surface area contributed by atoms with Gasteiger partial charge in [0.2, 0.25) is 0 Å². The van der Waals surface area contributed by atoms with E-state index in [1.54, 1.807) is 6.20 Å². The minimum atomic E-state index is -0.281. The smallest absolute Gasteiger partial charge is 0.349 e. The van der Waals surface area contributed by atoms with Crippen LogP contribution in [0.4, 0.5) is 0 Å². The highest BCUT2D eigenvalue weighted by atomic mass is 32.2. The van der Waals surface area contributed by atoms with Gasteiger partial charge in [-0.15, -0.1) is 11.3 Å². The minimum Gasteiger partial charge on any atom is -0.465 e. The van der Waals surface area contributed by atoms with Crippen molar-refractivity contribution in [3.05, 3.63) is 16.1 Å². The highest BCUT2D eigenvalue weighted by molar-refractivity contribution is 7.99. The minimum absolute atomic E-state index is 0.281. The standard InChI is InChI=1S/C12H17NO2S2/c1-15-12(14)10-7-13-11(17-10)8-16-9-5-3-2-4-6-9/h7,9H,2-6,8H2,1H3. The first-order chi connectivity index (χ1) is 8.29. The van der Waals surface area contributed by atoms with E-state index in [1.807, 2.05) is 11.8 Å². The van der Waals surface area contributed by atoms with Crippen LogP contribution >= 0.6 is 23.1 Å². The van der Waals surface area contributed by atoms with Gasteiger partial charge in [-0.05, 0) is 12.8 Å². The van der Waals surface area contributed by atoms with Gasteiger partial charge in [0.1, 0.15) is 9.88 Å². The Morgan fingerprint density at radius 1 is 1.53 bits per heavy atom. The summed E-state index contributed by atoms with van der Waals surface area (Å²) in [7, 11) is 1.40. The Hall–Kier alpha value is -0.550. The number of carbonyl (C=O) groups excluding carboxylic acids is 1. The fourth-order valence-corrected chi connectivity index (χ4v) is 4.18. The van der Waals surface area contributed by atoms with Crippen LogP contribution in [0.15, 0.2) is 6.20 Å². The number of aromatic nitrogens is 1. The summed E-state index contributed by atoms with van der Waals surface area (Å²) >= 11 is 3.43. The third kappa shape index (κ3) is 3.71. The fraction of sp³-hybridized carbons (Fsp3) is 0.667. The molecule has 2 rings (SSSR count). The second-order valence-electron chi connectivity index (χ2n) is 4.18. The number of rotatable bonds is 4. The van der Waals surface area contributed by atoms with E-state index in [0.717, 1.165) is 16.0 Å². The first kappa shape index (κ1) is 12.9. The lowest BCUT2D eigenvalue weighted by Gasteiger charge is -2.20. The van der Waals surface area contributed by atoms with Gasteiger partial charge in [0.15, 0.2) is 0 Å². The van der Waals surface area contributed by atoms with Crippen LogP contribution in [-0.4, -0.2) is 23.3 Å². The Balaban J connectivity index is 1.82. The van der Waals surface area contributed by atoms with Crippen molar-refractivity contribution >= 4 is 29.1 Å². The van der Waals surface area contributed by atoms with Gasteiger partial charge in [0.05, 0.1) is 13.3 Å². The van der Waals surface area contributed by atoms with E-state index in [-0.39, 0.29) is 5.97 Å². The Kier molecular flexibility index (Phi) is 4.86. The van der Waals surface area contributed by atoms with E-state index in [4.69, 9.17) is 0 Å². The lowest BCUT2D eigenvalue weighted by molar-refractivity contribution is 0.0606. The van der Waals surface area contributed by atoms with E-state index in [0.29, 0.717) is 4.88 Å². The van der Waals surface area contributed by atoms with Crippen LogP contribution < -0.4 is 0 Å². The van der Waals surface area contributed by atoms with E-state index < -0.39 is 0 Å². The summed E-state index contributed by atoms with van der Waals surface area (Å²) in [5, 5.41) is 1.82. The second kappa shape index (κ2) is 6.40. The summed E-state index contributed by atoms with van der Waals surface area (Å²) in [4.78, 5) is 16.1. The van der Waals surface area contributed by atoms with E-state index in [1.165, 1.54) is 50.6 Å². The van der Waals surface area contributed by atoms with Crippen LogP contribution in [0.2, 0.25) is 0 Å². The van der Waals surface area contributed by atoms with E-state index in [2.05, 4.69) is 9.72 Å². The average molecular weight is 271 g/mol. The van der Waals surface area contributed by atoms with Crippen LogP contribution in [0.5, 0.6) is 0 Å². The Morgan fingerprint density at radius 2 is 2.29 bits per heavy atom. The molecule has 0 atom stereocenters. The maximum absolute atomic E-state index is 11.3. The van der Waals surface area contributed by atoms with E-state index >= 15 is 0 Å². The maximum atomic E-state index is 11.3. The zero-order valence-electron chi connectivity index (χ0n) is 9.98. The molecule has 1 aliphatic rings. The van der Waals surface area contributed by atoms with Crippen LogP contribution in [0.25, 0.3) is 0 Å². The molecule has 3 nitrogen and oxygen atoms in total. The van der Waals surface area contributed by atoms with Crippen molar-refractivity contribution in [2.24, 2.45) is 0 Å². The van der Waals surface area contributed by atoms with Crippen LogP contribution in [0.1, 0.15) is 46.8 Å². The average Bonchev–Trinajstić information content (AvgIpc) is 2.85. The lowest BCUT2D eigenvalue weighted by atomic mass is 10.0. The third-order valence-corrected chi connectivity index (χ3v) is 5.48. The van der Waals surface area contributed by atoms with E-state index in [9.17, 15) is 4.79 Å². The summed E-state index contributed by atoms with van der Waals surface area (Å²) in [6.07, 6.45) is 8.40. The molecule has 1 fully saturated rings. The molecule has 1 aromatic heterocycles. The molecule has 0 bridgehead atoms. The van der Waals surface area contributed by atoms with Crippen LogP contribution in [0.3, 0.4) is 0 Å². The normalized spacial score (nSPS) is 17.0. The molecule has 0 N–H and O–H groups in total. The van der Waals surface area contributed by atoms with Gasteiger partial charge >= 0.3 is 5.97 Å². The quantitative estimate of drug-likeness (QED) is 0.786. The van der Waals surface area contributed by atoms with Gasteiger partial charge in [-0.3, -0.25) is 0 Å². The number of nitrogens with zero attached hydrogens (tertiary/aromatic N) is 1. The molecule has 0 spiro atoms. The SMILES string of the molecule is COC(=O)c1cnc(CSC2CCCCC2)s1. The molecule has 1 saturated carbocycles. The first-order valence-electron chi connectivity index (χ1n) is 5.94. The highest BCUT2D eigenvalue weighted by Gasteiger charge is 2.15. The lowest BCUT2D eigenvalue weighted by Crippen LogP contribution is -2.08. The summed E-state index contributed by atoms with van der Waals surface area (Å²) in [6.45, 7) is 0. The van der Waals surface area contributed by atoms with Crippen molar-refractivity contribution in [3.63, 3.8) is 0 Å². The molecule has 0 radical (unpaired) electrons. The van der Waals surface area contributed by atoms with Gasteiger partial charge in [-0.25, -0.2) is 9.78 Å². The Bertz CT molecular complexity index is 372. The molecule has 1 aromatic rings. The molecule has 0 aromatic carbocycles. The maximum Gasteiger partial charge on any atom is 0.349 e. The number of thiazole rings is 1. The van der Waals surface area contributed by atoms with Crippen LogP contribution in [-0.2, 0) is 10.5 Å². The molecular formula is C12H17NO2S2. The summed E-state index contributed by atoms with van der Waals surface area (Å²) < 4.78 is 4.67. The molecule has 0 amide bonds. The van der Waals surface area contributed by atoms with Crippen molar-refractivity contribution in [2.45, 2.75) is 43.1 Å². The van der Waals surface area contributed by atoms with Gasteiger partial charge in [0.25, 0.3) is 0 Å². The van der Waals surface area contributed by atoms with Gasteiger partial charge in [0, 0.05) is 11.0 Å². The third-order valence-electron chi connectivity index (χ3n) is 2.93. The molecule has 1 heterocycles. The fourth-order valence-electron chi connectivity index (χ4n) is 1.99. The molecule has 0 unspecified atom stereocenters. The van der Waals surface area contributed by atoms with Gasteiger partial charge < -0.3 is 4.74 Å². The topological polar surface area (TPSA) is 39.2 Å². The number of thioether (sulfide) groups is 1. The zero-order valence-corrected chi connectivity index (χ0v) is 11.6. The number of ether oxygens (including phenoxy) is 1. The second-order valence-corrected chi connectivity index (χ2v) is 6.58. The number of hydrogen-bond acceptors (Lipinski definition) is 5. The number of carbonyl (C=O) groups is 1. The van der Waals surface area contributed by atoms with Crippen LogP contribution in [0, 0.1) is 0 Å². The Labute approximate surface area is 110 Å². The molecule has 94 valence electrons. The van der Waals surface area contributed by atoms with Crippen molar-refractivity contribution in [2.75, 3.05) is 7.11 Å². The largest absolute Gasteiger partial charge is 0.465 e. The zero-order chi connectivity index (χ0) is 12.1. The number of hydrogen-bond donors (Lipinski definition) is 0.